The zero-order valence-corrected chi connectivity index (χ0v) is 29.0. The fourth-order valence-electron chi connectivity index (χ4n) is 5.45. The second-order valence-electron chi connectivity index (χ2n) is 12.6. The number of esters is 2. The zero-order chi connectivity index (χ0) is 36.0. The second kappa shape index (κ2) is 18.2. The van der Waals surface area contributed by atoms with Crippen LogP contribution < -0.4 is 21.4 Å². The maximum Gasteiger partial charge on any atom is 0.338 e. The van der Waals surface area contributed by atoms with Crippen molar-refractivity contribution in [3.8, 4) is 11.3 Å². The van der Waals surface area contributed by atoms with E-state index < -0.39 is 47.5 Å². The molecule has 0 aliphatic carbocycles. The number of nitrogens with one attached hydrogen (secondary N) is 4. The summed E-state index contributed by atoms with van der Waals surface area (Å²) < 4.78 is 9.91. The first-order valence-electron chi connectivity index (χ1n) is 16.0. The highest BCUT2D eigenvalue weighted by Crippen LogP contribution is 2.33. The third kappa shape index (κ3) is 10.6. The Hall–Kier alpha value is -4.69. The molecule has 0 bridgehead atoms. The van der Waals surface area contributed by atoms with Crippen LogP contribution in [0.15, 0.2) is 79.0 Å². The van der Waals surface area contributed by atoms with E-state index in [2.05, 4.69) is 26.4 Å². The summed E-state index contributed by atoms with van der Waals surface area (Å²) in [6, 6.07) is 22.0. The third-order valence-electron chi connectivity index (χ3n) is 8.05. The zero-order valence-electron chi connectivity index (χ0n) is 29.0. The number of aliphatic hydroxyl groups is 1. The van der Waals surface area contributed by atoms with Crippen LogP contribution in [0.3, 0.4) is 0 Å². The molecule has 5 N–H and O–H groups in total. The van der Waals surface area contributed by atoms with Gasteiger partial charge in [0.05, 0.1) is 45.1 Å². The van der Waals surface area contributed by atoms with Gasteiger partial charge < -0.3 is 25.2 Å². The summed E-state index contributed by atoms with van der Waals surface area (Å²) >= 11 is 0. The number of benzene rings is 2. The van der Waals surface area contributed by atoms with Crippen LogP contribution in [0, 0.1) is 5.41 Å². The summed E-state index contributed by atoms with van der Waals surface area (Å²) in [4.78, 5) is 56.5. The van der Waals surface area contributed by atoms with E-state index in [4.69, 9.17) is 9.47 Å². The lowest BCUT2D eigenvalue weighted by Gasteiger charge is -2.40. The van der Waals surface area contributed by atoms with Crippen LogP contribution >= 0.6 is 0 Å². The Balaban J connectivity index is 1.88. The van der Waals surface area contributed by atoms with E-state index in [1.165, 1.54) is 5.01 Å². The summed E-state index contributed by atoms with van der Waals surface area (Å²) in [5.41, 5.74) is 3.20. The van der Waals surface area contributed by atoms with Crippen LogP contribution in [0.1, 0.15) is 31.9 Å². The van der Waals surface area contributed by atoms with E-state index in [1.807, 2.05) is 72.8 Å². The maximum atomic E-state index is 13.5. The molecule has 0 aliphatic rings. The van der Waals surface area contributed by atoms with Crippen molar-refractivity contribution >= 4 is 23.8 Å². The standard InChI is InChI=1S/C36H48N6O7/c1-35(2,3)36(33(46)48-5,34(47)49-6)39-22-32(45)41-42(23-26-15-17-27(18-16-26)28-14-10-11-19-38-28)24-30(43)29(40-31(44)21-37-4)20-25-12-8-7-9-13-25/h7-19,29-30,37,39,43H,20-24H2,1-6H3,(H,40,44)(H,41,45). The summed E-state index contributed by atoms with van der Waals surface area (Å²) in [6.45, 7) is 4.63. The number of ether oxygens (including phenoxy) is 2. The number of amides is 2. The molecule has 13 nitrogen and oxygen atoms in total. The van der Waals surface area contributed by atoms with E-state index in [1.54, 1.807) is 34.0 Å². The van der Waals surface area contributed by atoms with E-state index in [9.17, 15) is 24.3 Å². The van der Waals surface area contributed by atoms with Gasteiger partial charge in [0.25, 0.3) is 0 Å². The molecule has 49 heavy (non-hydrogen) atoms. The van der Waals surface area contributed by atoms with Crippen molar-refractivity contribution < 1.29 is 33.8 Å². The van der Waals surface area contributed by atoms with Gasteiger partial charge in [-0.1, -0.05) is 81.4 Å². The summed E-state index contributed by atoms with van der Waals surface area (Å²) in [6.07, 6.45) is 0.929. The number of hydrazine groups is 1. The fourth-order valence-corrected chi connectivity index (χ4v) is 5.45. The smallest absolute Gasteiger partial charge is 0.338 e. The molecule has 1 aromatic heterocycles. The van der Waals surface area contributed by atoms with Gasteiger partial charge in [0.15, 0.2) is 0 Å². The Morgan fingerprint density at radius 3 is 2.02 bits per heavy atom. The van der Waals surface area contributed by atoms with Crippen molar-refractivity contribution in [1.82, 2.24) is 31.4 Å². The minimum atomic E-state index is -1.99. The molecule has 2 unspecified atom stereocenters. The number of aromatic nitrogens is 1. The van der Waals surface area contributed by atoms with Crippen LogP contribution in [-0.2, 0) is 41.6 Å². The van der Waals surface area contributed by atoms with Crippen LogP contribution in [0.2, 0.25) is 0 Å². The Morgan fingerprint density at radius 2 is 1.47 bits per heavy atom. The maximum absolute atomic E-state index is 13.5. The Labute approximate surface area is 287 Å². The number of likely N-dealkylation sites (N-methyl/N-ethyl adjacent to an activating group) is 1. The molecule has 0 fully saturated rings. The van der Waals surface area contributed by atoms with Crippen molar-refractivity contribution in [1.29, 1.82) is 0 Å². The predicted molar refractivity (Wildman–Crippen MR) is 184 cm³/mol. The molecule has 2 aromatic carbocycles. The van der Waals surface area contributed by atoms with Gasteiger partial charge in [-0.3, -0.25) is 25.3 Å². The first kappa shape index (κ1) is 38.8. The van der Waals surface area contributed by atoms with Crippen molar-refractivity contribution in [3.05, 3.63) is 90.1 Å². The van der Waals surface area contributed by atoms with E-state index in [-0.39, 0.29) is 25.5 Å². The Bertz CT molecular complexity index is 1500. The van der Waals surface area contributed by atoms with Crippen molar-refractivity contribution in [2.75, 3.05) is 40.9 Å². The summed E-state index contributed by atoms with van der Waals surface area (Å²) in [5.74, 6) is -2.70. The molecular formula is C36H48N6O7. The highest BCUT2D eigenvalue weighted by molar-refractivity contribution is 6.06. The quantitative estimate of drug-likeness (QED) is 0.0800. The number of nitrogens with zero attached hydrogens (tertiary/aromatic N) is 2. The average Bonchev–Trinajstić information content (AvgIpc) is 3.08. The number of pyridine rings is 1. The van der Waals surface area contributed by atoms with Gasteiger partial charge in [0.2, 0.25) is 17.4 Å². The SMILES string of the molecule is CNCC(=O)NC(Cc1ccccc1)C(O)CN(Cc1ccc(-c2ccccn2)cc1)NC(=O)CNC(C(=O)OC)(C(=O)OC)C(C)(C)C. The largest absolute Gasteiger partial charge is 0.467 e. The number of aliphatic hydroxyl groups excluding tert-OH is 1. The molecule has 2 amide bonds. The lowest BCUT2D eigenvalue weighted by atomic mass is 9.73. The van der Waals surface area contributed by atoms with Crippen molar-refractivity contribution in [3.63, 3.8) is 0 Å². The van der Waals surface area contributed by atoms with Gasteiger partial charge in [-0.2, -0.15) is 0 Å². The minimum Gasteiger partial charge on any atom is -0.467 e. The Kier molecular flexibility index (Phi) is 14.4. The third-order valence-corrected chi connectivity index (χ3v) is 8.05. The molecule has 0 aliphatic heterocycles. The lowest BCUT2D eigenvalue weighted by Crippen LogP contribution is -2.68. The van der Waals surface area contributed by atoms with Crippen molar-refractivity contribution in [2.45, 2.75) is 51.4 Å². The molecule has 0 spiro atoms. The molecule has 2 atom stereocenters. The molecule has 3 rings (SSSR count). The number of rotatable bonds is 17. The molecule has 13 heteroatoms. The Morgan fingerprint density at radius 1 is 0.837 bits per heavy atom. The van der Waals surface area contributed by atoms with E-state index in [0.717, 1.165) is 36.6 Å². The number of hydrogen-bond donors (Lipinski definition) is 5. The summed E-state index contributed by atoms with van der Waals surface area (Å²) in [7, 11) is 3.95. The number of carbonyl (C=O) groups is 4. The van der Waals surface area contributed by atoms with Gasteiger partial charge in [0.1, 0.15) is 0 Å². The highest BCUT2D eigenvalue weighted by atomic mass is 16.5. The van der Waals surface area contributed by atoms with E-state index >= 15 is 0 Å². The van der Waals surface area contributed by atoms with Gasteiger partial charge in [-0.05, 0) is 36.7 Å². The molecule has 0 saturated carbocycles. The van der Waals surface area contributed by atoms with Gasteiger partial charge >= 0.3 is 11.9 Å². The lowest BCUT2D eigenvalue weighted by molar-refractivity contribution is -0.170. The fraction of sp³-hybridized carbons (Fsp3) is 0.417. The van der Waals surface area contributed by atoms with Crippen LogP contribution in [0.4, 0.5) is 0 Å². The molecule has 264 valence electrons. The molecule has 1 heterocycles. The molecule has 3 aromatic rings. The molecular weight excluding hydrogens is 628 g/mol. The predicted octanol–water partition coefficient (Wildman–Crippen LogP) is 1.61. The van der Waals surface area contributed by atoms with Crippen LogP contribution in [-0.4, -0.2) is 97.4 Å². The minimum absolute atomic E-state index is 0.0582. The van der Waals surface area contributed by atoms with Crippen LogP contribution in [0.25, 0.3) is 11.3 Å². The molecule has 0 saturated heterocycles. The number of hydrogen-bond acceptors (Lipinski definition) is 11. The number of methoxy groups -OCH3 is 2. The van der Waals surface area contributed by atoms with Crippen molar-refractivity contribution in [2.24, 2.45) is 5.41 Å². The normalized spacial score (nSPS) is 12.9. The first-order valence-corrected chi connectivity index (χ1v) is 16.0. The highest BCUT2D eigenvalue weighted by Gasteiger charge is 2.57. The topological polar surface area (TPSA) is 171 Å². The second-order valence-corrected chi connectivity index (χ2v) is 12.6. The van der Waals surface area contributed by atoms with Gasteiger partial charge in [-0.15, -0.1) is 0 Å². The van der Waals surface area contributed by atoms with Gasteiger partial charge in [0, 0.05) is 30.3 Å². The number of carbonyl (C=O) groups excluding carboxylic acids is 4. The van der Waals surface area contributed by atoms with Crippen LogP contribution in [0.5, 0.6) is 0 Å². The summed E-state index contributed by atoms with van der Waals surface area (Å²) in [5, 5.41) is 21.6. The monoisotopic (exact) mass is 676 g/mol. The molecule has 0 radical (unpaired) electrons. The first-order chi connectivity index (χ1) is 23.3. The van der Waals surface area contributed by atoms with Gasteiger partial charge in [-0.25, -0.2) is 14.6 Å². The van der Waals surface area contributed by atoms with E-state index in [0.29, 0.717) is 6.42 Å². The average molecular weight is 677 g/mol.